The van der Waals surface area contributed by atoms with Crippen LogP contribution in [0.4, 0.5) is 24.7 Å². The summed E-state index contributed by atoms with van der Waals surface area (Å²) in [5.41, 5.74) is 4.00. The molecule has 0 aliphatic heterocycles. The van der Waals surface area contributed by atoms with Crippen LogP contribution in [0, 0.1) is 0 Å². The maximum absolute atomic E-state index is 14.4. The molecule has 0 bridgehead atoms. The minimum absolute atomic E-state index is 0.0749. The van der Waals surface area contributed by atoms with Gasteiger partial charge in [0.05, 0.1) is 12.7 Å². The van der Waals surface area contributed by atoms with Crippen molar-refractivity contribution in [1.82, 2.24) is 10.3 Å². The summed E-state index contributed by atoms with van der Waals surface area (Å²) in [4.78, 5) is 31.9. The zero-order valence-corrected chi connectivity index (χ0v) is 27.4. The van der Waals surface area contributed by atoms with E-state index in [-0.39, 0.29) is 53.1 Å². The molecule has 47 heavy (non-hydrogen) atoms. The van der Waals surface area contributed by atoms with Gasteiger partial charge in [-0.3, -0.25) is 4.79 Å². The highest BCUT2D eigenvalue weighted by Crippen LogP contribution is 2.38. The Balaban J connectivity index is 1.90. The summed E-state index contributed by atoms with van der Waals surface area (Å²) in [6.07, 6.45) is -4.22. The normalized spacial score (nSPS) is 12.9. The van der Waals surface area contributed by atoms with E-state index in [1.54, 1.807) is 62.9 Å². The monoisotopic (exact) mass is 670 g/mol. The molecular formula is C34H37F3N4O5S. The molecular weight excluding hydrogens is 633 g/mol. The SMILES string of the molecule is CCOc1cc(C(Nc2ccc3c(N)nccc3c2)(OC(=O)C(F)(F)F)C(=O)NCc2ccccc2SC(C)C)ccc1OC(C)C. The van der Waals surface area contributed by atoms with E-state index in [9.17, 15) is 22.8 Å². The predicted molar refractivity (Wildman–Crippen MR) is 176 cm³/mol. The van der Waals surface area contributed by atoms with Crippen molar-refractivity contribution in [3.8, 4) is 11.5 Å². The van der Waals surface area contributed by atoms with Gasteiger partial charge in [0.2, 0.25) is 0 Å². The Hall–Kier alpha value is -4.65. The number of ether oxygens (including phenoxy) is 3. The number of aromatic nitrogens is 1. The molecule has 0 spiro atoms. The molecule has 1 heterocycles. The third-order valence-corrected chi connectivity index (χ3v) is 7.82. The van der Waals surface area contributed by atoms with Gasteiger partial charge in [0, 0.05) is 39.5 Å². The molecule has 1 amide bonds. The second kappa shape index (κ2) is 14.8. The number of carbonyl (C=O) groups excluding carboxylic acids is 2. The van der Waals surface area contributed by atoms with Crippen molar-refractivity contribution < 1.29 is 37.0 Å². The van der Waals surface area contributed by atoms with Crippen LogP contribution in [0.3, 0.4) is 0 Å². The van der Waals surface area contributed by atoms with Crippen molar-refractivity contribution in [2.24, 2.45) is 0 Å². The fourth-order valence-electron chi connectivity index (χ4n) is 4.74. The predicted octanol–water partition coefficient (Wildman–Crippen LogP) is 7.19. The largest absolute Gasteiger partial charge is 0.491 e. The maximum Gasteiger partial charge on any atom is 0.491 e. The van der Waals surface area contributed by atoms with Crippen molar-refractivity contribution in [2.75, 3.05) is 17.7 Å². The number of benzene rings is 3. The van der Waals surface area contributed by atoms with E-state index in [4.69, 9.17) is 19.9 Å². The highest BCUT2D eigenvalue weighted by molar-refractivity contribution is 8.00. The number of hydrogen-bond donors (Lipinski definition) is 3. The summed E-state index contributed by atoms with van der Waals surface area (Å²) in [6, 6.07) is 17.8. The van der Waals surface area contributed by atoms with Crippen LogP contribution in [0.5, 0.6) is 11.5 Å². The van der Waals surface area contributed by atoms with Gasteiger partial charge < -0.3 is 30.6 Å². The number of thioether (sulfide) groups is 1. The Kier molecular flexibility index (Phi) is 11.1. The fourth-order valence-corrected chi connectivity index (χ4v) is 5.69. The standard InChI is InChI=1S/C34H37F3N4O5S/c1-6-44-28-18-24(11-14-27(28)45-20(2)3)33(46-32(43)34(35,36)37,41-25-12-13-26-22(17-25)15-16-39-30(26)38)31(42)40-19-23-9-7-8-10-29(23)47-21(4)5/h7-18,20-21,41H,6,19H2,1-5H3,(H2,38,39)(H,40,42). The topological polar surface area (TPSA) is 125 Å². The molecule has 250 valence electrons. The number of nitrogens with one attached hydrogen (secondary N) is 2. The summed E-state index contributed by atoms with van der Waals surface area (Å²) >= 11 is 1.57. The van der Waals surface area contributed by atoms with Crippen molar-refractivity contribution in [3.05, 3.63) is 84.1 Å². The first-order chi connectivity index (χ1) is 22.2. The number of nitrogens with zero attached hydrogens (tertiary/aromatic N) is 1. The van der Waals surface area contributed by atoms with Crippen molar-refractivity contribution >= 4 is 45.9 Å². The average Bonchev–Trinajstić information content (AvgIpc) is 3.00. The fraction of sp³-hybridized carbons (Fsp3) is 0.324. The van der Waals surface area contributed by atoms with Crippen molar-refractivity contribution in [3.63, 3.8) is 0 Å². The molecule has 0 aliphatic rings. The summed E-state index contributed by atoms with van der Waals surface area (Å²) in [6.45, 7) is 9.45. The van der Waals surface area contributed by atoms with Crippen LogP contribution in [0.15, 0.2) is 77.8 Å². The second-order valence-corrected chi connectivity index (χ2v) is 12.7. The molecule has 1 aromatic heterocycles. The van der Waals surface area contributed by atoms with Crippen LogP contribution >= 0.6 is 11.8 Å². The third kappa shape index (κ3) is 8.59. The number of rotatable bonds is 13. The van der Waals surface area contributed by atoms with Crippen LogP contribution in [-0.4, -0.2) is 41.0 Å². The van der Waals surface area contributed by atoms with E-state index in [0.29, 0.717) is 10.8 Å². The van der Waals surface area contributed by atoms with Gasteiger partial charge in [-0.05, 0) is 80.3 Å². The first kappa shape index (κ1) is 35.2. The number of halogens is 3. The Morgan fingerprint density at radius 2 is 1.72 bits per heavy atom. The molecule has 13 heteroatoms. The smallest absolute Gasteiger partial charge is 0.490 e. The van der Waals surface area contributed by atoms with E-state index in [1.165, 1.54) is 30.5 Å². The maximum atomic E-state index is 14.4. The van der Waals surface area contributed by atoms with E-state index >= 15 is 0 Å². The van der Waals surface area contributed by atoms with Crippen LogP contribution in [0.2, 0.25) is 0 Å². The highest BCUT2D eigenvalue weighted by Gasteiger charge is 2.52. The lowest BCUT2D eigenvalue weighted by atomic mass is 9.99. The lowest BCUT2D eigenvalue weighted by Crippen LogP contribution is -2.54. The van der Waals surface area contributed by atoms with E-state index in [2.05, 4.69) is 15.6 Å². The number of anilines is 2. The Labute approximate surface area is 275 Å². The van der Waals surface area contributed by atoms with Crippen LogP contribution < -0.4 is 25.8 Å². The molecule has 4 aromatic rings. The number of amides is 1. The zero-order valence-electron chi connectivity index (χ0n) is 26.6. The lowest BCUT2D eigenvalue weighted by molar-refractivity contribution is -0.213. The van der Waals surface area contributed by atoms with Crippen LogP contribution in [0.1, 0.15) is 45.7 Å². The van der Waals surface area contributed by atoms with Gasteiger partial charge in [0.15, 0.2) is 11.5 Å². The first-order valence-corrected chi connectivity index (χ1v) is 15.8. The van der Waals surface area contributed by atoms with Crippen LogP contribution in [-0.2, 0) is 26.6 Å². The first-order valence-electron chi connectivity index (χ1n) is 14.9. The van der Waals surface area contributed by atoms with Gasteiger partial charge in [-0.25, -0.2) is 9.78 Å². The number of carbonyl (C=O) groups is 2. The molecule has 0 aliphatic carbocycles. The number of nitrogens with two attached hydrogens (primary N) is 1. The molecule has 4 rings (SSSR count). The molecule has 0 fully saturated rings. The van der Waals surface area contributed by atoms with Crippen molar-refractivity contribution in [2.45, 2.75) is 69.3 Å². The molecule has 1 unspecified atom stereocenters. The quantitative estimate of drug-likeness (QED) is 0.0770. The number of esters is 1. The lowest BCUT2D eigenvalue weighted by Gasteiger charge is -2.35. The molecule has 0 saturated heterocycles. The third-order valence-electron chi connectivity index (χ3n) is 6.70. The Morgan fingerprint density at radius 3 is 2.40 bits per heavy atom. The summed E-state index contributed by atoms with van der Waals surface area (Å²) in [7, 11) is 0. The Bertz CT molecular complexity index is 1730. The van der Waals surface area contributed by atoms with Crippen molar-refractivity contribution in [1.29, 1.82) is 0 Å². The average molecular weight is 671 g/mol. The van der Waals surface area contributed by atoms with Gasteiger partial charge in [0.25, 0.3) is 11.6 Å². The molecule has 1 atom stereocenters. The molecule has 3 aromatic carbocycles. The van der Waals surface area contributed by atoms with E-state index in [0.717, 1.165) is 10.5 Å². The zero-order chi connectivity index (χ0) is 34.4. The molecule has 4 N–H and O–H groups in total. The number of pyridine rings is 1. The van der Waals surface area contributed by atoms with Gasteiger partial charge in [-0.1, -0.05) is 32.0 Å². The summed E-state index contributed by atoms with van der Waals surface area (Å²) in [5, 5.41) is 6.91. The van der Waals surface area contributed by atoms with Gasteiger partial charge in [-0.2, -0.15) is 13.2 Å². The van der Waals surface area contributed by atoms with Gasteiger partial charge in [-0.15, -0.1) is 11.8 Å². The molecule has 0 saturated carbocycles. The van der Waals surface area contributed by atoms with Gasteiger partial charge in [0.1, 0.15) is 5.82 Å². The number of hydrogen-bond acceptors (Lipinski definition) is 9. The second-order valence-electron chi connectivity index (χ2n) is 11.0. The van der Waals surface area contributed by atoms with E-state index < -0.39 is 23.8 Å². The summed E-state index contributed by atoms with van der Waals surface area (Å²) in [5.74, 6) is -2.98. The minimum Gasteiger partial charge on any atom is -0.490 e. The number of alkyl halides is 3. The number of nitrogen functional groups attached to an aromatic ring is 1. The van der Waals surface area contributed by atoms with Gasteiger partial charge >= 0.3 is 12.1 Å². The summed E-state index contributed by atoms with van der Waals surface area (Å²) < 4.78 is 58.4. The minimum atomic E-state index is -5.43. The number of fused-ring (bicyclic) bond motifs is 1. The van der Waals surface area contributed by atoms with Crippen LogP contribution in [0.25, 0.3) is 10.8 Å². The molecule has 9 nitrogen and oxygen atoms in total. The van der Waals surface area contributed by atoms with E-state index in [1.807, 2.05) is 26.0 Å². The Morgan fingerprint density at radius 1 is 0.979 bits per heavy atom. The highest BCUT2D eigenvalue weighted by atomic mass is 32.2. The molecule has 0 radical (unpaired) electrons.